The van der Waals surface area contributed by atoms with Crippen LogP contribution >= 0.6 is 15.9 Å². The highest BCUT2D eigenvalue weighted by molar-refractivity contribution is 9.09. The van der Waals surface area contributed by atoms with Gasteiger partial charge >= 0.3 is 0 Å². The molecule has 1 saturated carbocycles. The molecule has 0 aliphatic heterocycles. The van der Waals surface area contributed by atoms with E-state index in [9.17, 15) is 0 Å². The number of rotatable bonds is 4. The van der Waals surface area contributed by atoms with Gasteiger partial charge in [0.05, 0.1) is 7.11 Å². The molecule has 0 heterocycles. The molecular weight excluding hydrogens is 288 g/mol. The highest BCUT2D eigenvalue weighted by atomic mass is 79.9. The van der Waals surface area contributed by atoms with Crippen LogP contribution in [0.1, 0.15) is 54.5 Å². The molecule has 0 aromatic heterocycles. The summed E-state index contributed by atoms with van der Waals surface area (Å²) in [6.07, 6.45) is 8.38. The predicted octanol–water partition coefficient (Wildman–Crippen LogP) is 5.41. The van der Waals surface area contributed by atoms with Gasteiger partial charge in [-0.05, 0) is 36.5 Å². The Bertz CT molecular complexity index is 383. The van der Waals surface area contributed by atoms with Crippen LogP contribution in [0.2, 0.25) is 0 Å². The molecule has 0 saturated heterocycles. The van der Waals surface area contributed by atoms with Crippen LogP contribution in [-0.4, -0.2) is 7.11 Å². The number of hydrogen-bond donors (Lipinski definition) is 0. The van der Waals surface area contributed by atoms with Crippen LogP contribution in [0.25, 0.3) is 0 Å². The highest BCUT2D eigenvalue weighted by Gasteiger charge is 2.18. The third kappa shape index (κ3) is 3.50. The molecule has 0 spiro atoms. The largest absolute Gasteiger partial charge is 0.496 e. The fraction of sp³-hybridized carbons (Fsp3) is 0.625. The maximum absolute atomic E-state index is 5.31. The molecule has 1 aliphatic rings. The molecule has 1 nitrogen and oxygen atoms in total. The first-order valence-corrected chi connectivity index (χ1v) is 7.91. The summed E-state index contributed by atoms with van der Waals surface area (Å²) >= 11 is 3.86. The average Bonchev–Trinajstić information content (AvgIpc) is 2.39. The fourth-order valence-corrected chi connectivity index (χ4v) is 3.76. The second-order valence-electron chi connectivity index (χ2n) is 5.44. The minimum atomic E-state index is 0.491. The molecule has 0 bridgehead atoms. The molecule has 100 valence electrons. The topological polar surface area (TPSA) is 9.23 Å². The normalized spacial score (nSPS) is 18.6. The van der Waals surface area contributed by atoms with E-state index in [2.05, 4.69) is 41.1 Å². The molecule has 18 heavy (non-hydrogen) atoms. The molecule has 0 amide bonds. The van der Waals surface area contributed by atoms with Gasteiger partial charge in [0.2, 0.25) is 0 Å². The molecule has 2 heteroatoms. The lowest BCUT2D eigenvalue weighted by molar-refractivity contribution is 0.338. The monoisotopic (exact) mass is 310 g/mol. The standard InChI is InChI=1S/C16H23BrO/c1-12-10-14(8-9-16(12)18-2)15(17)11-13-6-4-3-5-7-13/h8-10,13,15H,3-7,11H2,1-2H3. The zero-order valence-corrected chi connectivity index (χ0v) is 13.0. The second-order valence-corrected chi connectivity index (χ2v) is 6.54. The van der Waals surface area contributed by atoms with E-state index in [-0.39, 0.29) is 0 Å². The SMILES string of the molecule is COc1ccc(C(Br)CC2CCCCC2)cc1C. The van der Waals surface area contributed by atoms with Crippen molar-refractivity contribution in [2.24, 2.45) is 5.92 Å². The Morgan fingerprint density at radius 1 is 1.28 bits per heavy atom. The van der Waals surface area contributed by atoms with E-state index in [4.69, 9.17) is 4.74 Å². The minimum absolute atomic E-state index is 0.491. The van der Waals surface area contributed by atoms with Gasteiger partial charge in [-0.1, -0.05) is 60.2 Å². The zero-order valence-electron chi connectivity index (χ0n) is 11.4. The summed E-state index contributed by atoms with van der Waals surface area (Å²) < 4.78 is 5.31. The van der Waals surface area contributed by atoms with Crippen LogP contribution in [-0.2, 0) is 0 Å². The lowest BCUT2D eigenvalue weighted by Gasteiger charge is -2.24. The Balaban J connectivity index is 1.99. The van der Waals surface area contributed by atoms with Gasteiger partial charge in [-0.25, -0.2) is 0 Å². The van der Waals surface area contributed by atoms with Crippen LogP contribution in [0, 0.1) is 12.8 Å². The van der Waals surface area contributed by atoms with Crippen molar-refractivity contribution in [1.82, 2.24) is 0 Å². The Labute approximate surface area is 119 Å². The highest BCUT2D eigenvalue weighted by Crippen LogP contribution is 2.37. The van der Waals surface area contributed by atoms with Gasteiger partial charge < -0.3 is 4.74 Å². The number of benzene rings is 1. The van der Waals surface area contributed by atoms with Crippen LogP contribution < -0.4 is 4.74 Å². The molecule has 0 N–H and O–H groups in total. The zero-order chi connectivity index (χ0) is 13.0. The Morgan fingerprint density at radius 2 is 2.00 bits per heavy atom. The van der Waals surface area contributed by atoms with Gasteiger partial charge in [0, 0.05) is 4.83 Å². The van der Waals surface area contributed by atoms with Crippen LogP contribution in [0.5, 0.6) is 5.75 Å². The molecule has 0 radical (unpaired) electrons. The Morgan fingerprint density at radius 3 is 2.61 bits per heavy atom. The van der Waals surface area contributed by atoms with Crippen molar-refractivity contribution in [3.05, 3.63) is 29.3 Å². The van der Waals surface area contributed by atoms with Gasteiger partial charge in [0.1, 0.15) is 5.75 Å². The molecule has 2 rings (SSSR count). The predicted molar refractivity (Wildman–Crippen MR) is 80.6 cm³/mol. The molecule has 1 unspecified atom stereocenters. The summed E-state index contributed by atoms with van der Waals surface area (Å²) in [7, 11) is 1.73. The van der Waals surface area contributed by atoms with Crippen molar-refractivity contribution in [1.29, 1.82) is 0 Å². The van der Waals surface area contributed by atoms with E-state index in [1.54, 1.807) is 7.11 Å². The van der Waals surface area contributed by atoms with Crippen LogP contribution in [0.3, 0.4) is 0 Å². The molecule has 1 aliphatic carbocycles. The fourth-order valence-electron chi connectivity index (χ4n) is 2.95. The summed E-state index contributed by atoms with van der Waals surface area (Å²) in [5.74, 6) is 1.89. The molecule has 1 atom stereocenters. The number of methoxy groups -OCH3 is 1. The second kappa shape index (κ2) is 6.60. The molecular formula is C16H23BrO. The summed E-state index contributed by atoms with van der Waals surface area (Å²) in [5.41, 5.74) is 2.61. The van der Waals surface area contributed by atoms with Crippen molar-refractivity contribution < 1.29 is 4.74 Å². The van der Waals surface area contributed by atoms with Crippen LogP contribution in [0.15, 0.2) is 18.2 Å². The first kappa shape index (κ1) is 13.9. The van der Waals surface area contributed by atoms with Gasteiger partial charge in [-0.3, -0.25) is 0 Å². The van der Waals surface area contributed by atoms with E-state index in [0.717, 1.165) is 11.7 Å². The van der Waals surface area contributed by atoms with E-state index in [1.807, 2.05) is 0 Å². The number of alkyl halides is 1. The van der Waals surface area contributed by atoms with Gasteiger partial charge in [-0.15, -0.1) is 0 Å². The average molecular weight is 311 g/mol. The van der Waals surface area contributed by atoms with Gasteiger partial charge in [0.15, 0.2) is 0 Å². The maximum atomic E-state index is 5.31. The summed E-state index contributed by atoms with van der Waals surface area (Å²) in [4.78, 5) is 0.491. The van der Waals surface area contributed by atoms with Crippen molar-refractivity contribution in [3.8, 4) is 5.75 Å². The first-order valence-electron chi connectivity index (χ1n) is 6.99. The molecule has 1 aromatic carbocycles. The summed E-state index contributed by atoms with van der Waals surface area (Å²) in [5, 5.41) is 0. The number of aryl methyl sites for hydroxylation is 1. The third-order valence-electron chi connectivity index (χ3n) is 4.05. The minimum Gasteiger partial charge on any atom is -0.496 e. The smallest absolute Gasteiger partial charge is 0.121 e. The van der Waals surface area contributed by atoms with E-state index >= 15 is 0 Å². The quantitative estimate of drug-likeness (QED) is 0.676. The Kier molecular flexibility index (Phi) is 5.11. The van der Waals surface area contributed by atoms with E-state index in [0.29, 0.717) is 4.83 Å². The number of ether oxygens (including phenoxy) is 1. The lowest BCUT2D eigenvalue weighted by Crippen LogP contribution is -2.08. The van der Waals surface area contributed by atoms with Crippen molar-refractivity contribution in [2.45, 2.75) is 50.3 Å². The number of halogens is 1. The van der Waals surface area contributed by atoms with Crippen molar-refractivity contribution in [3.63, 3.8) is 0 Å². The van der Waals surface area contributed by atoms with Crippen LogP contribution in [0.4, 0.5) is 0 Å². The Hall–Kier alpha value is -0.500. The third-order valence-corrected chi connectivity index (χ3v) is 4.95. The first-order chi connectivity index (χ1) is 8.70. The maximum Gasteiger partial charge on any atom is 0.121 e. The van der Waals surface area contributed by atoms with Gasteiger partial charge in [0.25, 0.3) is 0 Å². The summed E-state index contributed by atoms with van der Waals surface area (Å²) in [6, 6.07) is 6.52. The van der Waals surface area contributed by atoms with E-state index in [1.165, 1.54) is 49.7 Å². The van der Waals surface area contributed by atoms with Crippen molar-refractivity contribution >= 4 is 15.9 Å². The lowest BCUT2D eigenvalue weighted by atomic mass is 9.85. The van der Waals surface area contributed by atoms with E-state index < -0.39 is 0 Å². The number of hydrogen-bond acceptors (Lipinski definition) is 1. The summed E-state index contributed by atoms with van der Waals surface area (Å²) in [6.45, 7) is 2.11. The molecule has 1 fully saturated rings. The van der Waals surface area contributed by atoms with Crippen molar-refractivity contribution in [2.75, 3.05) is 7.11 Å². The molecule has 1 aromatic rings. The van der Waals surface area contributed by atoms with Gasteiger partial charge in [-0.2, -0.15) is 0 Å².